The van der Waals surface area contributed by atoms with Crippen molar-refractivity contribution in [1.82, 2.24) is 5.32 Å². The molecular formula is C20H25NO3. The van der Waals surface area contributed by atoms with Crippen LogP contribution >= 0.6 is 0 Å². The quantitative estimate of drug-likeness (QED) is 0.829. The molecule has 4 nitrogen and oxygen atoms in total. The van der Waals surface area contributed by atoms with Gasteiger partial charge in [0.15, 0.2) is 5.78 Å². The number of carboxylic acids is 1. The Bertz CT molecular complexity index is 697. The van der Waals surface area contributed by atoms with Crippen LogP contribution in [0.25, 0.3) is 5.70 Å². The first-order valence-corrected chi connectivity index (χ1v) is 8.76. The van der Waals surface area contributed by atoms with Gasteiger partial charge in [-0.15, -0.1) is 0 Å². The van der Waals surface area contributed by atoms with E-state index in [9.17, 15) is 14.7 Å². The Morgan fingerprint density at radius 1 is 1.21 bits per heavy atom. The molecule has 2 aliphatic rings. The van der Waals surface area contributed by atoms with E-state index in [1.807, 2.05) is 6.07 Å². The van der Waals surface area contributed by atoms with Crippen molar-refractivity contribution in [3.8, 4) is 0 Å². The van der Waals surface area contributed by atoms with E-state index >= 15 is 0 Å². The van der Waals surface area contributed by atoms with Gasteiger partial charge in [0.2, 0.25) is 0 Å². The number of nitrogens with one attached hydrogen (secondary N) is 1. The molecule has 2 N–H and O–H groups in total. The summed E-state index contributed by atoms with van der Waals surface area (Å²) in [6, 6.07) is 5.17. The monoisotopic (exact) mass is 327 g/mol. The second kappa shape index (κ2) is 6.42. The third-order valence-corrected chi connectivity index (χ3v) is 5.04. The van der Waals surface area contributed by atoms with Gasteiger partial charge in [-0.25, -0.2) is 4.79 Å². The Morgan fingerprint density at radius 3 is 2.58 bits per heavy atom. The van der Waals surface area contributed by atoms with Crippen molar-refractivity contribution in [2.75, 3.05) is 0 Å². The minimum absolute atomic E-state index is 0.139. The minimum atomic E-state index is -0.919. The van der Waals surface area contributed by atoms with Gasteiger partial charge in [0, 0.05) is 28.8 Å². The SMILES string of the molecule is CC1(C)Cc2cc(C(=O)O)ccc2/C(=C/C(=O)C2CCCCC2)N1. The van der Waals surface area contributed by atoms with Gasteiger partial charge in [-0.1, -0.05) is 25.3 Å². The van der Waals surface area contributed by atoms with Crippen LogP contribution in [0.4, 0.5) is 0 Å². The first kappa shape index (κ1) is 16.7. The van der Waals surface area contributed by atoms with E-state index in [1.54, 1.807) is 18.2 Å². The lowest BCUT2D eigenvalue weighted by Gasteiger charge is -2.36. The average Bonchev–Trinajstić information content (AvgIpc) is 2.54. The van der Waals surface area contributed by atoms with Crippen LogP contribution in [0.15, 0.2) is 24.3 Å². The summed E-state index contributed by atoms with van der Waals surface area (Å²) < 4.78 is 0. The number of carbonyl (C=O) groups is 2. The second-order valence-electron chi connectivity index (χ2n) is 7.66. The van der Waals surface area contributed by atoms with Crippen LogP contribution in [0.5, 0.6) is 0 Å². The summed E-state index contributed by atoms with van der Waals surface area (Å²) in [4.78, 5) is 23.9. The van der Waals surface area contributed by atoms with Crippen LogP contribution in [0.1, 0.15) is 67.4 Å². The van der Waals surface area contributed by atoms with E-state index in [4.69, 9.17) is 0 Å². The minimum Gasteiger partial charge on any atom is -0.478 e. The molecule has 0 amide bonds. The molecule has 1 aliphatic carbocycles. The molecular weight excluding hydrogens is 302 g/mol. The highest BCUT2D eigenvalue weighted by Gasteiger charge is 2.29. The average molecular weight is 327 g/mol. The van der Waals surface area contributed by atoms with Crippen LogP contribution in [-0.2, 0) is 11.2 Å². The van der Waals surface area contributed by atoms with Gasteiger partial charge in [-0.05, 0) is 50.8 Å². The number of carbonyl (C=O) groups excluding carboxylic acids is 1. The molecule has 1 aromatic rings. The van der Waals surface area contributed by atoms with E-state index in [0.29, 0.717) is 5.56 Å². The summed E-state index contributed by atoms with van der Waals surface area (Å²) in [6.45, 7) is 4.14. The Labute approximate surface area is 143 Å². The normalized spacial score (nSPS) is 21.8. The largest absolute Gasteiger partial charge is 0.478 e. The Balaban J connectivity index is 1.95. The summed E-state index contributed by atoms with van der Waals surface area (Å²) in [5, 5.41) is 12.7. The molecule has 128 valence electrons. The van der Waals surface area contributed by atoms with Crippen molar-refractivity contribution in [3.05, 3.63) is 41.0 Å². The lowest BCUT2D eigenvalue weighted by atomic mass is 9.82. The molecule has 0 spiro atoms. The molecule has 1 saturated carbocycles. The second-order valence-corrected chi connectivity index (χ2v) is 7.66. The van der Waals surface area contributed by atoms with Crippen molar-refractivity contribution in [1.29, 1.82) is 0 Å². The predicted molar refractivity (Wildman–Crippen MR) is 93.9 cm³/mol. The summed E-state index contributed by atoms with van der Waals surface area (Å²) in [6.07, 6.45) is 7.95. The highest BCUT2D eigenvalue weighted by molar-refractivity contribution is 5.99. The molecule has 1 heterocycles. The molecule has 1 fully saturated rings. The van der Waals surface area contributed by atoms with Crippen LogP contribution < -0.4 is 5.32 Å². The summed E-state index contributed by atoms with van der Waals surface area (Å²) >= 11 is 0. The van der Waals surface area contributed by atoms with Crippen LogP contribution in [0.2, 0.25) is 0 Å². The van der Waals surface area contributed by atoms with Gasteiger partial charge in [0.25, 0.3) is 0 Å². The fourth-order valence-electron chi connectivity index (χ4n) is 3.85. The van der Waals surface area contributed by atoms with Crippen LogP contribution in [-0.4, -0.2) is 22.4 Å². The molecule has 0 radical (unpaired) electrons. The number of benzene rings is 1. The molecule has 4 heteroatoms. The Hall–Kier alpha value is -2.10. The third kappa shape index (κ3) is 3.53. The van der Waals surface area contributed by atoms with Crippen molar-refractivity contribution >= 4 is 17.4 Å². The zero-order valence-corrected chi connectivity index (χ0v) is 14.4. The Kier molecular flexibility index (Phi) is 4.48. The first-order valence-electron chi connectivity index (χ1n) is 8.76. The van der Waals surface area contributed by atoms with E-state index in [0.717, 1.165) is 48.9 Å². The number of fused-ring (bicyclic) bond motifs is 1. The maximum atomic E-state index is 12.7. The Morgan fingerprint density at radius 2 is 1.92 bits per heavy atom. The fraction of sp³-hybridized carbons (Fsp3) is 0.500. The standard InChI is InChI=1S/C20H25NO3/c1-20(2)12-15-10-14(19(23)24)8-9-16(15)17(21-20)11-18(22)13-6-4-3-5-7-13/h8-11,13,21H,3-7,12H2,1-2H3,(H,23,24)/b17-11-. The highest BCUT2D eigenvalue weighted by Crippen LogP contribution is 2.32. The van der Waals surface area contributed by atoms with E-state index in [1.165, 1.54) is 6.42 Å². The summed E-state index contributed by atoms with van der Waals surface area (Å²) in [5.41, 5.74) is 2.85. The van der Waals surface area contributed by atoms with E-state index < -0.39 is 5.97 Å². The van der Waals surface area contributed by atoms with E-state index in [-0.39, 0.29) is 17.2 Å². The number of hydrogen-bond donors (Lipinski definition) is 2. The van der Waals surface area contributed by atoms with Gasteiger partial charge in [-0.2, -0.15) is 0 Å². The molecule has 0 saturated heterocycles. The molecule has 3 rings (SSSR count). The lowest BCUT2D eigenvalue weighted by Crippen LogP contribution is -2.44. The molecule has 24 heavy (non-hydrogen) atoms. The van der Waals surface area contributed by atoms with Gasteiger partial charge in [-0.3, -0.25) is 4.79 Å². The maximum Gasteiger partial charge on any atom is 0.335 e. The van der Waals surface area contributed by atoms with Gasteiger partial charge >= 0.3 is 5.97 Å². The van der Waals surface area contributed by atoms with Crippen molar-refractivity contribution < 1.29 is 14.7 Å². The summed E-state index contributed by atoms with van der Waals surface area (Å²) in [5.74, 6) is -0.582. The predicted octanol–water partition coefficient (Wildman–Crippen LogP) is 3.80. The molecule has 0 bridgehead atoms. The number of aromatic carboxylic acids is 1. The number of carboxylic acid groups (broad SMARTS) is 1. The number of hydrogen-bond acceptors (Lipinski definition) is 3. The highest BCUT2D eigenvalue weighted by atomic mass is 16.4. The smallest absolute Gasteiger partial charge is 0.335 e. The van der Waals surface area contributed by atoms with Gasteiger partial charge < -0.3 is 10.4 Å². The first-order chi connectivity index (χ1) is 11.4. The lowest BCUT2D eigenvalue weighted by molar-refractivity contribution is -0.119. The van der Waals surface area contributed by atoms with Crippen LogP contribution in [0.3, 0.4) is 0 Å². The molecule has 0 unspecified atom stereocenters. The van der Waals surface area contributed by atoms with Gasteiger partial charge in [0.1, 0.15) is 0 Å². The van der Waals surface area contributed by atoms with Crippen molar-refractivity contribution in [3.63, 3.8) is 0 Å². The topological polar surface area (TPSA) is 66.4 Å². The molecule has 0 aromatic heterocycles. The number of allylic oxidation sites excluding steroid dienone is 1. The number of ketones is 1. The fourth-order valence-corrected chi connectivity index (χ4v) is 3.85. The maximum absolute atomic E-state index is 12.7. The zero-order valence-electron chi connectivity index (χ0n) is 14.4. The van der Waals surface area contributed by atoms with Crippen LogP contribution in [0, 0.1) is 5.92 Å². The van der Waals surface area contributed by atoms with Crippen molar-refractivity contribution in [2.24, 2.45) is 5.92 Å². The molecule has 0 atom stereocenters. The summed E-state index contributed by atoms with van der Waals surface area (Å²) in [7, 11) is 0. The van der Waals surface area contributed by atoms with E-state index in [2.05, 4.69) is 19.2 Å². The third-order valence-electron chi connectivity index (χ3n) is 5.04. The molecule has 1 aliphatic heterocycles. The molecule has 1 aromatic carbocycles. The van der Waals surface area contributed by atoms with Gasteiger partial charge in [0.05, 0.1) is 5.56 Å². The zero-order chi connectivity index (χ0) is 17.3. The number of rotatable bonds is 3. The van der Waals surface area contributed by atoms with Crippen molar-refractivity contribution in [2.45, 2.75) is 57.9 Å².